The summed E-state index contributed by atoms with van der Waals surface area (Å²) in [6.07, 6.45) is 9.16. The second-order valence-corrected chi connectivity index (χ2v) is 45.6. The molecule has 3 aliphatic heterocycles. The van der Waals surface area contributed by atoms with E-state index in [0.717, 1.165) is 113 Å². The van der Waals surface area contributed by atoms with Crippen LogP contribution in [0, 0.1) is 6.92 Å². The molecule has 12 aromatic rings. The zero-order chi connectivity index (χ0) is 90.7. The summed E-state index contributed by atoms with van der Waals surface area (Å²) in [5.74, 6) is 9.92. The molecule has 16 rings (SSSR count). The van der Waals surface area contributed by atoms with Crippen LogP contribution in [0.15, 0.2) is 87.8 Å². The molecule has 0 amide bonds. The Bertz CT molecular complexity index is 5020. The quantitative estimate of drug-likeness (QED) is 0.0837. The lowest BCUT2D eigenvalue weighted by Crippen LogP contribution is -2.42. The minimum Gasteiger partial charge on any atom is -0.491 e. The first-order chi connectivity index (χ1) is 58.0. The molecule has 0 fully saturated rings. The number of thiophene rings is 2. The molecule has 4 aliphatic rings. The topological polar surface area (TPSA) is 170 Å². The number of hydrogen-bond acceptors (Lipinski definition) is 17. The zero-order valence-corrected chi connectivity index (χ0v) is 84.9. The Hall–Kier alpha value is -8.00. The van der Waals surface area contributed by atoms with Crippen molar-refractivity contribution in [2.75, 3.05) is 13.2 Å². The molecular formula is C105H148N10O4S3Si. The first-order valence-corrected chi connectivity index (χ1v) is 51.4. The third-order valence-corrected chi connectivity index (χ3v) is 29.2. The molecule has 123 heavy (non-hydrogen) atoms. The van der Waals surface area contributed by atoms with E-state index >= 15 is 0 Å². The zero-order valence-electron chi connectivity index (χ0n) is 81.5. The number of hydrogen-bond donors (Lipinski definition) is 0. The normalized spacial score (nSPS) is 13.6. The number of rotatable bonds is 16. The van der Waals surface area contributed by atoms with Gasteiger partial charge >= 0.3 is 0 Å². The molecule has 14 nitrogen and oxygen atoms in total. The smallest absolute Gasteiger partial charge is 0.219 e. The maximum absolute atomic E-state index is 6.13. The summed E-state index contributed by atoms with van der Waals surface area (Å²) in [7, 11) is -1.65. The van der Waals surface area contributed by atoms with Crippen molar-refractivity contribution in [2.24, 2.45) is 0 Å². The van der Waals surface area contributed by atoms with Crippen molar-refractivity contribution in [2.45, 2.75) is 362 Å². The number of aromatic nitrogens is 10. The highest BCUT2D eigenvalue weighted by molar-refractivity contribution is 7.18. The monoisotopic (exact) mass is 1740 g/mol. The average molecular weight is 1740 g/mol. The largest absolute Gasteiger partial charge is 0.491 e. The van der Waals surface area contributed by atoms with Crippen LogP contribution in [0.1, 0.15) is 440 Å². The van der Waals surface area contributed by atoms with E-state index in [1.165, 1.54) is 104 Å². The van der Waals surface area contributed by atoms with E-state index in [0.29, 0.717) is 94.7 Å². The van der Waals surface area contributed by atoms with Crippen molar-refractivity contribution in [1.82, 2.24) is 50.8 Å². The molecule has 0 unspecified atom stereocenters. The maximum Gasteiger partial charge on any atom is 0.219 e. The third kappa shape index (κ3) is 23.1. The molecule has 11 heterocycles. The van der Waals surface area contributed by atoms with Crippen molar-refractivity contribution in [3.63, 3.8) is 0 Å². The lowest BCUT2D eigenvalue weighted by Gasteiger charge is -2.22. The Morgan fingerprint density at radius 3 is 1.24 bits per heavy atom. The van der Waals surface area contributed by atoms with Crippen LogP contribution in [-0.4, -0.2) is 72.3 Å². The average Bonchev–Trinajstić information content (AvgIpc) is 1.61. The van der Waals surface area contributed by atoms with Crippen molar-refractivity contribution >= 4 is 95.1 Å². The highest BCUT2D eigenvalue weighted by Gasteiger charge is 2.39. The van der Waals surface area contributed by atoms with Crippen molar-refractivity contribution < 1.29 is 18.3 Å². The fourth-order valence-electron chi connectivity index (χ4n) is 16.8. The summed E-state index contributed by atoms with van der Waals surface area (Å²) in [4.78, 5) is 8.61. The van der Waals surface area contributed by atoms with Crippen LogP contribution in [0.5, 0.6) is 11.5 Å². The van der Waals surface area contributed by atoms with Gasteiger partial charge in [-0.3, -0.25) is 0 Å². The number of benzene rings is 4. The molecule has 0 atom stereocenters. The van der Waals surface area contributed by atoms with Crippen LogP contribution in [0.4, 0.5) is 0 Å². The molecule has 0 spiro atoms. The minimum absolute atomic E-state index is 0.300. The predicted octanol–water partition coefficient (Wildman–Crippen LogP) is 30.5. The van der Waals surface area contributed by atoms with E-state index in [2.05, 4.69) is 370 Å². The van der Waals surface area contributed by atoms with Gasteiger partial charge in [-0.05, 0) is 203 Å². The summed E-state index contributed by atoms with van der Waals surface area (Å²) >= 11 is 5.43. The summed E-state index contributed by atoms with van der Waals surface area (Å²) in [5, 5.41) is 43.4. The van der Waals surface area contributed by atoms with Gasteiger partial charge in [0, 0.05) is 51.1 Å². The molecule has 664 valence electrons. The van der Waals surface area contributed by atoms with E-state index in [1.54, 1.807) is 22.1 Å². The second-order valence-electron chi connectivity index (χ2n) is 39.1. The number of nitrogens with zero attached hydrogens (tertiary/aromatic N) is 10. The second kappa shape index (κ2) is 43.5. The van der Waals surface area contributed by atoms with Gasteiger partial charge < -0.3 is 18.3 Å². The molecule has 0 bridgehead atoms. The number of thiazole rings is 1. The van der Waals surface area contributed by atoms with Gasteiger partial charge in [0.1, 0.15) is 39.6 Å². The van der Waals surface area contributed by atoms with Crippen LogP contribution in [0.3, 0.4) is 0 Å². The SMILES string of the molecule is CC(C)c1ccc(C(C)C)c2c1C=CC2.CC(C)c1ccc(C(C)C)c2c1CO[Si]2(C)C.CC(C)c1ccc(C(C)C)c2sccc12.CC(C)c1nnc(C(C)C)c2c1CCO2.CC(C)c1nnc(C(C)C)c2c1CCO2.CC(C)c1nnc(C(C)C)c2ocnc12.CC(C)c1nnc(C(C)C)c2scnc12.Cc1csc2c(C(C)C)ccc(C(C)C)c12. The minimum atomic E-state index is -1.65. The molecule has 0 saturated carbocycles. The Labute approximate surface area is 752 Å². The molecule has 0 N–H and O–H groups in total. The lowest BCUT2D eigenvalue weighted by atomic mass is 9.88. The Morgan fingerprint density at radius 1 is 0.350 bits per heavy atom. The van der Waals surface area contributed by atoms with Gasteiger partial charge in [-0.1, -0.05) is 282 Å². The standard InChI is InChI=1S/C15H24OSi.C15H20S.C15H20.C14H18S.2C12H18N2O.C11H15N3O.C11H15N3S/c1-10(2)12-7-8-13(11(3)4)15-14(12)9-16-17(15,5)6;1-9(2)12-6-7-13(10(3)4)15-14(12)11(5)8-16-15;1-10(2)12-8-9-13(11(3)4)15-7-5-6-14(12)15;1-9(2)11-5-6-12(10(3)4)14-13(11)7-8-15-14;2*1-7(2)10-9-5-6-15-12(9)11(8(3)4)14-13-10;2*1-6(2)8-10-11(15-5-12-10)9(7(3)4)14-13-8/h7-8,10-11H,9H2,1-6H3;6-10H,1-5H3;5-6,8-11H,7H2,1-4H3;5-10H,1-4H3;2*7-8H,5-6H2,1-4H3;2*5-7H,1-4H3. The highest BCUT2D eigenvalue weighted by atomic mass is 32.1. The van der Waals surface area contributed by atoms with Gasteiger partial charge in [0.2, 0.25) is 8.32 Å². The van der Waals surface area contributed by atoms with Crippen LogP contribution >= 0.6 is 34.0 Å². The summed E-state index contributed by atoms with van der Waals surface area (Å²) < 4.78 is 27.1. The lowest BCUT2D eigenvalue weighted by molar-refractivity contribution is 0.318. The Morgan fingerprint density at radius 2 is 0.756 bits per heavy atom. The van der Waals surface area contributed by atoms with E-state index < -0.39 is 8.32 Å². The fourth-order valence-corrected chi connectivity index (χ4v) is 22.8. The van der Waals surface area contributed by atoms with Crippen LogP contribution in [0.2, 0.25) is 13.1 Å². The number of aryl methyl sites for hydroxylation is 1. The van der Waals surface area contributed by atoms with Crippen LogP contribution in [-0.2, 0) is 30.3 Å². The van der Waals surface area contributed by atoms with E-state index in [-0.39, 0.29) is 0 Å². The van der Waals surface area contributed by atoms with Gasteiger partial charge in [0.15, 0.2) is 12.0 Å². The van der Waals surface area contributed by atoms with Gasteiger partial charge in [0.05, 0.1) is 58.5 Å². The van der Waals surface area contributed by atoms with Crippen LogP contribution < -0.4 is 14.7 Å². The molecule has 18 heteroatoms. The fraction of sp³-hybridized carbons (Fsp3) is 0.543. The molecular weight excluding hydrogens is 1590 g/mol. The number of fused-ring (bicyclic) bond motifs is 8. The third-order valence-electron chi connectivity index (χ3n) is 23.6. The number of oxazole rings is 1. The molecule has 8 aromatic heterocycles. The van der Waals surface area contributed by atoms with Crippen molar-refractivity contribution in [1.29, 1.82) is 0 Å². The maximum atomic E-state index is 6.13. The molecule has 0 radical (unpaired) electrons. The molecule has 4 aromatic carbocycles. The summed E-state index contributed by atoms with van der Waals surface area (Å²) in [6, 6.07) is 20.8. The number of ether oxygens (including phenoxy) is 2. The predicted molar refractivity (Wildman–Crippen MR) is 529 cm³/mol. The van der Waals surface area contributed by atoms with E-state index in [9.17, 15) is 0 Å². The van der Waals surface area contributed by atoms with Gasteiger partial charge in [-0.2, -0.15) is 40.8 Å². The van der Waals surface area contributed by atoms with E-state index in [4.69, 9.17) is 18.3 Å². The summed E-state index contributed by atoms with van der Waals surface area (Å²) in [5.41, 5.74) is 33.2. The van der Waals surface area contributed by atoms with E-state index in [1.807, 2.05) is 28.2 Å². The first kappa shape index (κ1) is 98.8. The Kier molecular flexibility index (Phi) is 34.9. The molecule has 1 aliphatic carbocycles. The number of allylic oxidation sites excluding steroid dienone is 1. The van der Waals surface area contributed by atoms with Gasteiger partial charge in [-0.25, -0.2) is 9.97 Å². The van der Waals surface area contributed by atoms with Crippen molar-refractivity contribution in [3.05, 3.63) is 207 Å². The summed E-state index contributed by atoms with van der Waals surface area (Å²) in [6.45, 7) is 79.6. The molecule has 0 saturated heterocycles. The Balaban J connectivity index is 0.000000160. The van der Waals surface area contributed by atoms with Crippen LogP contribution in [0.25, 0.3) is 47.6 Å². The van der Waals surface area contributed by atoms with Crippen molar-refractivity contribution in [3.8, 4) is 11.5 Å². The first-order valence-electron chi connectivity index (χ1n) is 45.9. The van der Waals surface area contributed by atoms with Gasteiger partial charge in [0.25, 0.3) is 0 Å². The highest BCUT2D eigenvalue weighted by Crippen LogP contribution is 2.43. The van der Waals surface area contributed by atoms with Gasteiger partial charge in [-0.15, -0.1) is 34.0 Å².